The summed E-state index contributed by atoms with van der Waals surface area (Å²) in [6.07, 6.45) is 0.914. The van der Waals surface area contributed by atoms with Gasteiger partial charge in [0.2, 0.25) is 0 Å². The van der Waals surface area contributed by atoms with Crippen LogP contribution in [0, 0.1) is 5.92 Å². The van der Waals surface area contributed by atoms with Gasteiger partial charge in [0, 0.05) is 18.7 Å². The number of ether oxygens (including phenoxy) is 1. The average Bonchev–Trinajstić information content (AvgIpc) is 2.56. The van der Waals surface area contributed by atoms with Gasteiger partial charge < -0.3 is 9.15 Å². The van der Waals surface area contributed by atoms with Crippen LogP contribution in [0.25, 0.3) is 11.0 Å². The van der Waals surface area contributed by atoms with Gasteiger partial charge in [0.1, 0.15) is 17.1 Å². The molecule has 1 aromatic heterocycles. The molecule has 0 radical (unpaired) electrons. The van der Waals surface area contributed by atoms with E-state index in [-0.39, 0.29) is 5.97 Å². The van der Waals surface area contributed by atoms with Gasteiger partial charge in [-0.25, -0.2) is 0 Å². The van der Waals surface area contributed by atoms with Crippen molar-refractivity contribution in [3.8, 4) is 5.75 Å². The predicted octanol–water partition coefficient (Wildman–Crippen LogP) is 3.56. The van der Waals surface area contributed by atoms with Crippen LogP contribution in [0.3, 0.4) is 0 Å². The van der Waals surface area contributed by atoms with Crippen LogP contribution in [-0.4, -0.2) is 5.97 Å². The highest BCUT2D eigenvalue weighted by molar-refractivity contribution is 5.80. The molecule has 0 fully saturated rings. The lowest BCUT2D eigenvalue weighted by Gasteiger charge is -1.99. The fourth-order valence-corrected chi connectivity index (χ4v) is 1.81. The molecule has 0 saturated heterocycles. The molecule has 3 heteroatoms. The highest BCUT2D eigenvalue weighted by atomic mass is 16.5. The molecule has 0 N–H and O–H groups in total. The molecule has 0 atom stereocenters. The molecule has 0 aliphatic heterocycles. The number of furan rings is 1. The third-order valence-electron chi connectivity index (χ3n) is 2.41. The number of fused-ring (bicyclic) bond motifs is 1. The molecular formula is C14H16O3. The van der Waals surface area contributed by atoms with Gasteiger partial charge in [0.15, 0.2) is 0 Å². The molecular weight excluding hydrogens is 216 g/mol. The highest BCUT2D eigenvalue weighted by Gasteiger charge is 2.07. The van der Waals surface area contributed by atoms with Crippen molar-refractivity contribution in [1.82, 2.24) is 0 Å². The molecule has 0 spiro atoms. The van der Waals surface area contributed by atoms with E-state index in [0.29, 0.717) is 11.7 Å². The van der Waals surface area contributed by atoms with Crippen LogP contribution >= 0.6 is 0 Å². The lowest BCUT2D eigenvalue weighted by Crippen LogP contribution is -2.00. The van der Waals surface area contributed by atoms with Gasteiger partial charge in [-0.2, -0.15) is 0 Å². The Bertz CT molecular complexity index is 537. The fourth-order valence-electron chi connectivity index (χ4n) is 1.81. The summed E-state index contributed by atoms with van der Waals surface area (Å²) in [7, 11) is 0. The maximum atomic E-state index is 10.9. The number of rotatable bonds is 3. The molecule has 17 heavy (non-hydrogen) atoms. The highest BCUT2D eigenvalue weighted by Crippen LogP contribution is 2.25. The van der Waals surface area contributed by atoms with Crippen molar-refractivity contribution >= 4 is 16.9 Å². The fraction of sp³-hybridized carbons (Fsp3) is 0.357. The van der Waals surface area contributed by atoms with E-state index in [4.69, 9.17) is 9.15 Å². The molecule has 1 heterocycles. The molecule has 0 unspecified atom stereocenters. The number of esters is 1. The topological polar surface area (TPSA) is 39.4 Å². The van der Waals surface area contributed by atoms with Crippen LogP contribution in [0.15, 0.2) is 28.7 Å². The van der Waals surface area contributed by atoms with Crippen molar-refractivity contribution in [2.24, 2.45) is 5.92 Å². The van der Waals surface area contributed by atoms with Crippen molar-refractivity contribution in [3.63, 3.8) is 0 Å². The summed E-state index contributed by atoms with van der Waals surface area (Å²) in [6.45, 7) is 5.69. The summed E-state index contributed by atoms with van der Waals surface area (Å²) in [5.41, 5.74) is 0.830. The van der Waals surface area contributed by atoms with E-state index in [0.717, 1.165) is 23.2 Å². The van der Waals surface area contributed by atoms with Crippen molar-refractivity contribution in [1.29, 1.82) is 0 Å². The summed E-state index contributed by atoms with van der Waals surface area (Å²) in [6, 6.07) is 7.40. The molecule has 2 rings (SSSR count). The van der Waals surface area contributed by atoms with Crippen LogP contribution in [0.4, 0.5) is 0 Å². The van der Waals surface area contributed by atoms with Gasteiger partial charge in [0.25, 0.3) is 0 Å². The SMILES string of the molecule is CC(=O)Oc1ccc2oc(CC(C)C)cc2c1. The molecule has 0 aliphatic carbocycles. The quantitative estimate of drug-likeness (QED) is 0.600. The second-order valence-corrected chi connectivity index (χ2v) is 4.60. The second kappa shape index (κ2) is 4.62. The summed E-state index contributed by atoms with van der Waals surface area (Å²) in [4.78, 5) is 10.9. The minimum Gasteiger partial charge on any atom is -0.461 e. The number of carbonyl (C=O) groups is 1. The first-order chi connectivity index (χ1) is 8.04. The first-order valence-electron chi connectivity index (χ1n) is 5.75. The van der Waals surface area contributed by atoms with Gasteiger partial charge in [-0.05, 0) is 30.2 Å². The lowest BCUT2D eigenvalue weighted by molar-refractivity contribution is -0.131. The number of hydrogen-bond donors (Lipinski definition) is 0. The van der Waals surface area contributed by atoms with Gasteiger partial charge in [-0.15, -0.1) is 0 Å². The van der Waals surface area contributed by atoms with Crippen LogP contribution in [0.1, 0.15) is 26.5 Å². The van der Waals surface area contributed by atoms with Crippen molar-refractivity contribution in [2.75, 3.05) is 0 Å². The van der Waals surface area contributed by atoms with Gasteiger partial charge >= 0.3 is 5.97 Å². The third-order valence-corrected chi connectivity index (χ3v) is 2.41. The number of benzene rings is 1. The largest absolute Gasteiger partial charge is 0.461 e. The first kappa shape index (κ1) is 11.7. The van der Waals surface area contributed by atoms with E-state index in [1.165, 1.54) is 6.92 Å². The van der Waals surface area contributed by atoms with Crippen LogP contribution in [-0.2, 0) is 11.2 Å². The zero-order valence-corrected chi connectivity index (χ0v) is 10.3. The van der Waals surface area contributed by atoms with Crippen molar-refractivity contribution < 1.29 is 13.9 Å². The Hall–Kier alpha value is -1.77. The normalized spacial score (nSPS) is 11.1. The van der Waals surface area contributed by atoms with E-state index >= 15 is 0 Å². The molecule has 90 valence electrons. The van der Waals surface area contributed by atoms with Crippen LogP contribution in [0.5, 0.6) is 5.75 Å². The Balaban J connectivity index is 2.30. The monoisotopic (exact) mass is 232 g/mol. The van der Waals surface area contributed by atoms with Crippen molar-refractivity contribution in [2.45, 2.75) is 27.2 Å². The van der Waals surface area contributed by atoms with E-state index in [2.05, 4.69) is 13.8 Å². The zero-order valence-electron chi connectivity index (χ0n) is 10.3. The average molecular weight is 232 g/mol. The standard InChI is InChI=1S/C14H16O3/c1-9(2)6-13-8-11-7-12(16-10(3)15)4-5-14(11)17-13/h4-5,7-9H,6H2,1-3H3. The molecule has 2 aromatic rings. The summed E-state index contributed by atoms with van der Waals surface area (Å²) in [5.74, 6) is 1.77. The van der Waals surface area contributed by atoms with Crippen LogP contribution < -0.4 is 4.74 Å². The van der Waals surface area contributed by atoms with Crippen LogP contribution in [0.2, 0.25) is 0 Å². The van der Waals surface area contributed by atoms with E-state index in [9.17, 15) is 4.79 Å². The third kappa shape index (κ3) is 2.87. The smallest absolute Gasteiger partial charge is 0.308 e. The molecule has 0 saturated carbocycles. The van der Waals surface area contributed by atoms with Gasteiger partial charge in [0.05, 0.1) is 0 Å². The van der Waals surface area contributed by atoms with Gasteiger partial charge in [-0.1, -0.05) is 13.8 Å². The Labute approximate surface area is 100 Å². The Morgan fingerprint density at radius 3 is 2.76 bits per heavy atom. The molecule has 0 amide bonds. The van der Waals surface area contributed by atoms with Crippen molar-refractivity contribution in [3.05, 3.63) is 30.0 Å². The second-order valence-electron chi connectivity index (χ2n) is 4.60. The van der Waals surface area contributed by atoms with E-state index < -0.39 is 0 Å². The maximum absolute atomic E-state index is 10.9. The minimum atomic E-state index is -0.310. The Morgan fingerprint density at radius 2 is 2.12 bits per heavy atom. The summed E-state index contributed by atoms with van der Waals surface area (Å²) in [5, 5.41) is 0.972. The summed E-state index contributed by atoms with van der Waals surface area (Å²) >= 11 is 0. The Morgan fingerprint density at radius 1 is 1.35 bits per heavy atom. The first-order valence-corrected chi connectivity index (χ1v) is 5.75. The van der Waals surface area contributed by atoms with Gasteiger partial charge in [-0.3, -0.25) is 4.79 Å². The zero-order chi connectivity index (χ0) is 12.4. The molecule has 1 aromatic carbocycles. The predicted molar refractivity (Wildman–Crippen MR) is 66.1 cm³/mol. The number of hydrogen-bond acceptors (Lipinski definition) is 3. The summed E-state index contributed by atoms with van der Waals surface area (Å²) < 4.78 is 10.7. The number of carbonyl (C=O) groups excluding carboxylic acids is 1. The van der Waals surface area contributed by atoms with E-state index in [1.807, 2.05) is 18.2 Å². The lowest BCUT2D eigenvalue weighted by atomic mass is 10.1. The molecule has 0 bridgehead atoms. The minimum absolute atomic E-state index is 0.310. The molecule has 0 aliphatic rings. The molecule has 3 nitrogen and oxygen atoms in total. The maximum Gasteiger partial charge on any atom is 0.308 e. The Kier molecular flexibility index (Phi) is 3.18. The van der Waals surface area contributed by atoms with E-state index in [1.54, 1.807) is 6.07 Å².